The molecule has 130 valence electrons. The largest absolute Gasteiger partial charge is 0.465 e. The van der Waals surface area contributed by atoms with Gasteiger partial charge in [0.25, 0.3) is 0 Å². The van der Waals surface area contributed by atoms with Crippen molar-refractivity contribution in [2.45, 2.75) is 11.8 Å². The van der Waals surface area contributed by atoms with E-state index >= 15 is 0 Å². The van der Waals surface area contributed by atoms with Crippen molar-refractivity contribution in [3.05, 3.63) is 54.1 Å². The van der Waals surface area contributed by atoms with Gasteiger partial charge in [-0.25, -0.2) is 4.79 Å². The van der Waals surface area contributed by atoms with Gasteiger partial charge in [0.15, 0.2) is 0 Å². The fourth-order valence-corrected chi connectivity index (χ4v) is 2.59. The fourth-order valence-electron chi connectivity index (χ4n) is 1.92. The van der Waals surface area contributed by atoms with Crippen LogP contribution in [0.1, 0.15) is 17.3 Å². The Kier molecular flexibility index (Phi) is 6.59. The molecule has 0 aromatic heterocycles. The van der Waals surface area contributed by atoms with Crippen LogP contribution in [0.2, 0.25) is 0 Å². The van der Waals surface area contributed by atoms with E-state index in [4.69, 9.17) is 4.74 Å². The van der Waals surface area contributed by atoms with Crippen molar-refractivity contribution in [1.82, 2.24) is 0 Å². The lowest BCUT2D eigenvalue weighted by molar-refractivity contribution is -0.131. The normalized spacial score (nSPS) is 10.0. The molecule has 0 aliphatic heterocycles. The van der Waals surface area contributed by atoms with Gasteiger partial charge in [0, 0.05) is 17.5 Å². The zero-order valence-corrected chi connectivity index (χ0v) is 14.6. The summed E-state index contributed by atoms with van der Waals surface area (Å²) in [6.45, 7) is 1.44. The van der Waals surface area contributed by atoms with E-state index in [0.717, 1.165) is 4.90 Å². The molecule has 0 aliphatic carbocycles. The summed E-state index contributed by atoms with van der Waals surface area (Å²) in [5.74, 6) is -0.488. The highest BCUT2D eigenvalue weighted by Gasteiger charge is 2.09. The van der Waals surface area contributed by atoms with E-state index in [0.29, 0.717) is 17.0 Å². The first-order chi connectivity index (χ1) is 12.0. The SMILES string of the molecule is COC(=O)c1ccc(OC(=O)CSc2ccc(NC(C)=O)cc2)cc1. The minimum atomic E-state index is -0.448. The molecule has 0 saturated heterocycles. The summed E-state index contributed by atoms with van der Waals surface area (Å²) in [4.78, 5) is 35.1. The van der Waals surface area contributed by atoms with Crippen molar-refractivity contribution in [3.8, 4) is 5.75 Å². The van der Waals surface area contributed by atoms with Crippen molar-refractivity contribution in [2.24, 2.45) is 0 Å². The molecule has 0 atom stereocenters. The van der Waals surface area contributed by atoms with Crippen molar-refractivity contribution >= 4 is 35.3 Å². The van der Waals surface area contributed by atoms with Gasteiger partial charge in [-0.1, -0.05) is 0 Å². The zero-order valence-electron chi connectivity index (χ0n) is 13.8. The molecule has 0 bridgehead atoms. The van der Waals surface area contributed by atoms with E-state index in [-0.39, 0.29) is 11.7 Å². The van der Waals surface area contributed by atoms with E-state index < -0.39 is 11.9 Å². The molecular formula is C18H17NO5S. The Hall–Kier alpha value is -2.80. The Balaban J connectivity index is 1.84. The van der Waals surface area contributed by atoms with Gasteiger partial charge in [-0.15, -0.1) is 11.8 Å². The number of carbonyl (C=O) groups excluding carboxylic acids is 3. The van der Waals surface area contributed by atoms with Crippen molar-refractivity contribution in [1.29, 1.82) is 0 Å². The predicted molar refractivity (Wildman–Crippen MR) is 94.9 cm³/mol. The quantitative estimate of drug-likeness (QED) is 0.485. The van der Waals surface area contributed by atoms with Crippen LogP contribution in [0.3, 0.4) is 0 Å². The first-order valence-electron chi connectivity index (χ1n) is 7.37. The second kappa shape index (κ2) is 8.89. The Morgan fingerprint density at radius 1 is 1.00 bits per heavy atom. The maximum absolute atomic E-state index is 11.9. The van der Waals surface area contributed by atoms with Crippen LogP contribution in [0, 0.1) is 0 Å². The molecule has 7 heteroatoms. The average Bonchev–Trinajstić information content (AvgIpc) is 2.60. The molecule has 0 heterocycles. The Morgan fingerprint density at radius 3 is 2.20 bits per heavy atom. The molecule has 2 rings (SSSR count). The lowest BCUT2D eigenvalue weighted by atomic mass is 10.2. The van der Waals surface area contributed by atoms with Crippen LogP contribution in [0.25, 0.3) is 0 Å². The van der Waals surface area contributed by atoms with Crippen LogP contribution in [0.4, 0.5) is 5.69 Å². The number of hydrogen-bond acceptors (Lipinski definition) is 6. The van der Waals surface area contributed by atoms with Gasteiger partial charge >= 0.3 is 11.9 Å². The average molecular weight is 359 g/mol. The number of anilines is 1. The number of thioether (sulfide) groups is 1. The molecule has 1 N–H and O–H groups in total. The lowest BCUT2D eigenvalue weighted by Crippen LogP contribution is -2.11. The van der Waals surface area contributed by atoms with Crippen LogP contribution < -0.4 is 10.1 Å². The highest BCUT2D eigenvalue weighted by atomic mass is 32.2. The third-order valence-electron chi connectivity index (χ3n) is 3.04. The van der Waals surface area contributed by atoms with Gasteiger partial charge in [0.2, 0.25) is 5.91 Å². The Morgan fingerprint density at radius 2 is 1.64 bits per heavy atom. The molecular weight excluding hydrogens is 342 g/mol. The van der Waals surface area contributed by atoms with Crippen LogP contribution in [-0.2, 0) is 14.3 Å². The topological polar surface area (TPSA) is 81.7 Å². The van der Waals surface area contributed by atoms with Gasteiger partial charge in [-0.2, -0.15) is 0 Å². The number of nitrogens with one attached hydrogen (secondary N) is 1. The lowest BCUT2D eigenvalue weighted by Gasteiger charge is -2.06. The first-order valence-corrected chi connectivity index (χ1v) is 8.36. The van der Waals surface area contributed by atoms with E-state index in [2.05, 4.69) is 10.1 Å². The van der Waals surface area contributed by atoms with Gasteiger partial charge in [-0.3, -0.25) is 9.59 Å². The molecule has 0 spiro atoms. The molecule has 1 amide bonds. The van der Waals surface area contributed by atoms with Gasteiger partial charge < -0.3 is 14.8 Å². The number of amides is 1. The predicted octanol–water partition coefficient (Wildman–Crippen LogP) is 3.13. The third-order valence-corrected chi connectivity index (χ3v) is 4.02. The van der Waals surface area contributed by atoms with Crippen LogP contribution >= 0.6 is 11.8 Å². The zero-order chi connectivity index (χ0) is 18.2. The van der Waals surface area contributed by atoms with E-state index in [1.165, 1.54) is 50.1 Å². The second-order valence-electron chi connectivity index (χ2n) is 4.98. The monoisotopic (exact) mass is 359 g/mol. The van der Waals surface area contributed by atoms with Crippen molar-refractivity contribution in [2.75, 3.05) is 18.2 Å². The summed E-state index contributed by atoms with van der Waals surface area (Å²) in [7, 11) is 1.30. The number of carbonyl (C=O) groups is 3. The molecule has 0 fully saturated rings. The number of methoxy groups -OCH3 is 1. The molecule has 2 aromatic carbocycles. The van der Waals surface area contributed by atoms with E-state index in [1.807, 2.05) is 12.1 Å². The molecule has 0 unspecified atom stereocenters. The minimum absolute atomic E-state index is 0.137. The van der Waals surface area contributed by atoms with Gasteiger partial charge in [0.1, 0.15) is 5.75 Å². The van der Waals surface area contributed by atoms with Crippen LogP contribution in [0.5, 0.6) is 5.75 Å². The fraction of sp³-hybridized carbons (Fsp3) is 0.167. The number of benzene rings is 2. The molecule has 0 saturated carbocycles. The minimum Gasteiger partial charge on any atom is -0.465 e. The molecule has 6 nitrogen and oxygen atoms in total. The highest BCUT2D eigenvalue weighted by Crippen LogP contribution is 2.21. The second-order valence-corrected chi connectivity index (χ2v) is 6.03. The van der Waals surface area contributed by atoms with Gasteiger partial charge in [0.05, 0.1) is 18.4 Å². The Bertz CT molecular complexity index is 756. The van der Waals surface area contributed by atoms with E-state index in [9.17, 15) is 14.4 Å². The third kappa shape index (κ3) is 5.96. The molecule has 0 aliphatic rings. The maximum Gasteiger partial charge on any atom is 0.337 e. The number of esters is 2. The maximum atomic E-state index is 11.9. The van der Waals surface area contributed by atoms with Crippen LogP contribution in [0.15, 0.2) is 53.4 Å². The number of ether oxygens (including phenoxy) is 2. The molecule has 25 heavy (non-hydrogen) atoms. The van der Waals surface area contributed by atoms with Crippen molar-refractivity contribution in [3.63, 3.8) is 0 Å². The van der Waals surface area contributed by atoms with E-state index in [1.54, 1.807) is 12.1 Å². The summed E-state index contributed by atoms with van der Waals surface area (Å²) < 4.78 is 9.81. The summed E-state index contributed by atoms with van der Waals surface area (Å²) in [6, 6.07) is 13.3. The summed E-state index contributed by atoms with van der Waals surface area (Å²) in [5.41, 5.74) is 1.08. The summed E-state index contributed by atoms with van der Waals surface area (Å²) >= 11 is 1.33. The van der Waals surface area contributed by atoms with Crippen LogP contribution in [-0.4, -0.2) is 30.7 Å². The number of hydrogen-bond donors (Lipinski definition) is 1. The van der Waals surface area contributed by atoms with Crippen molar-refractivity contribution < 1.29 is 23.9 Å². The Labute approximate surface area is 149 Å². The summed E-state index contributed by atoms with van der Waals surface area (Å²) in [5, 5.41) is 2.67. The smallest absolute Gasteiger partial charge is 0.337 e. The molecule has 0 radical (unpaired) electrons. The standard InChI is InChI=1S/C18H17NO5S/c1-12(20)19-14-5-9-16(10-6-14)25-11-17(21)24-15-7-3-13(4-8-15)18(22)23-2/h3-10H,11H2,1-2H3,(H,19,20). The number of rotatable bonds is 6. The highest BCUT2D eigenvalue weighted by molar-refractivity contribution is 8.00. The first kappa shape index (κ1) is 18.5. The summed E-state index contributed by atoms with van der Waals surface area (Å²) in [6.07, 6.45) is 0. The molecule has 2 aromatic rings. The van der Waals surface area contributed by atoms with Gasteiger partial charge in [-0.05, 0) is 48.5 Å².